The molecule has 0 bridgehead atoms. The molecular formula is C29H39NO4. The maximum absolute atomic E-state index is 13.0. The van der Waals surface area contributed by atoms with Crippen molar-refractivity contribution in [1.29, 1.82) is 0 Å². The van der Waals surface area contributed by atoms with Crippen molar-refractivity contribution in [3.63, 3.8) is 0 Å². The predicted molar refractivity (Wildman–Crippen MR) is 139 cm³/mol. The summed E-state index contributed by atoms with van der Waals surface area (Å²) in [6.07, 6.45) is 5.15. The summed E-state index contributed by atoms with van der Waals surface area (Å²) in [6.45, 7) is 14.1. The number of benzene rings is 2. The van der Waals surface area contributed by atoms with E-state index >= 15 is 0 Å². The van der Waals surface area contributed by atoms with Gasteiger partial charge in [-0.25, -0.2) is 0 Å². The molecule has 0 saturated heterocycles. The maximum Gasteiger partial charge on any atom is 0.253 e. The molecule has 0 aliphatic heterocycles. The van der Waals surface area contributed by atoms with Gasteiger partial charge in [-0.3, -0.25) is 9.59 Å². The van der Waals surface area contributed by atoms with Crippen molar-refractivity contribution in [2.45, 2.75) is 72.5 Å². The van der Waals surface area contributed by atoms with E-state index in [4.69, 9.17) is 9.47 Å². The third kappa shape index (κ3) is 7.75. The van der Waals surface area contributed by atoms with Crippen molar-refractivity contribution in [3.05, 3.63) is 64.7 Å². The Morgan fingerprint density at radius 3 is 1.91 bits per heavy atom. The zero-order valence-electron chi connectivity index (χ0n) is 22.1. The second-order valence-corrected chi connectivity index (χ2v) is 10.6. The number of nitrogens with zero attached hydrogens (tertiary/aromatic N) is 1. The van der Waals surface area contributed by atoms with Crippen LogP contribution in [0.25, 0.3) is 6.08 Å². The van der Waals surface area contributed by atoms with Gasteiger partial charge >= 0.3 is 0 Å². The first-order chi connectivity index (χ1) is 15.7. The SMILES string of the molecule is CCCc1ccc(OC(C)(C)C)c(C=CC(=O)c2ccc(C(=O)N(C)C)cc2)c1OC(C)(C)C. The minimum Gasteiger partial charge on any atom is -0.487 e. The summed E-state index contributed by atoms with van der Waals surface area (Å²) in [7, 11) is 3.40. The molecule has 0 atom stereocenters. The van der Waals surface area contributed by atoms with Gasteiger partial charge in [-0.15, -0.1) is 0 Å². The van der Waals surface area contributed by atoms with Gasteiger partial charge in [-0.1, -0.05) is 31.5 Å². The minimum absolute atomic E-state index is 0.102. The first-order valence-electron chi connectivity index (χ1n) is 11.8. The lowest BCUT2D eigenvalue weighted by Crippen LogP contribution is -2.26. The lowest BCUT2D eigenvalue weighted by Gasteiger charge is -2.28. The number of rotatable bonds is 8. The summed E-state index contributed by atoms with van der Waals surface area (Å²) >= 11 is 0. The number of ketones is 1. The zero-order valence-corrected chi connectivity index (χ0v) is 22.1. The van der Waals surface area contributed by atoms with E-state index in [-0.39, 0.29) is 11.7 Å². The molecule has 2 aromatic carbocycles. The van der Waals surface area contributed by atoms with Crippen LogP contribution in [0.4, 0.5) is 0 Å². The highest BCUT2D eigenvalue weighted by Gasteiger charge is 2.23. The summed E-state index contributed by atoms with van der Waals surface area (Å²) in [6, 6.07) is 10.7. The Kier molecular flexibility index (Phi) is 8.71. The van der Waals surface area contributed by atoms with Crippen LogP contribution < -0.4 is 9.47 Å². The van der Waals surface area contributed by atoms with Crippen molar-refractivity contribution in [2.75, 3.05) is 14.1 Å². The van der Waals surface area contributed by atoms with Crippen LogP contribution in [0.5, 0.6) is 11.5 Å². The van der Waals surface area contributed by atoms with Crippen LogP contribution in [-0.4, -0.2) is 41.9 Å². The first kappa shape index (κ1) is 27.2. The average Bonchev–Trinajstić information content (AvgIpc) is 2.72. The van der Waals surface area contributed by atoms with Gasteiger partial charge in [0.2, 0.25) is 0 Å². The van der Waals surface area contributed by atoms with Gasteiger partial charge in [-0.2, -0.15) is 0 Å². The molecule has 184 valence electrons. The van der Waals surface area contributed by atoms with Crippen LogP contribution >= 0.6 is 0 Å². The smallest absolute Gasteiger partial charge is 0.253 e. The van der Waals surface area contributed by atoms with Gasteiger partial charge in [0, 0.05) is 25.2 Å². The van der Waals surface area contributed by atoms with E-state index < -0.39 is 11.2 Å². The Morgan fingerprint density at radius 1 is 0.853 bits per heavy atom. The highest BCUT2D eigenvalue weighted by molar-refractivity contribution is 6.07. The van der Waals surface area contributed by atoms with E-state index in [1.54, 1.807) is 50.5 Å². The molecule has 0 aliphatic carbocycles. The van der Waals surface area contributed by atoms with E-state index in [0.29, 0.717) is 16.9 Å². The maximum atomic E-state index is 13.0. The van der Waals surface area contributed by atoms with Crippen molar-refractivity contribution < 1.29 is 19.1 Å². The lowest BCUT2D eigenvalue weighted by molar-refractivity contribution is 0.0827. The van der Waals surface area contributed by atoms with Crippen LogP contribution in [0.2, 0.25) is 0 Å². The minimum atomic E-state index is -0.412. The van der Waals surface area contributed by atoms with Gasteiger partial charge in [0.1, 0.15) is 22.7 Å². The lowest BCUT2D eigenvalue weighted by atomic mass is 10.0. The Bertz CT molecular complexity index is 1040. The molecule has 0 aromatic heterocycles. The number of hydrogen-bond acceptors (Lipinski definition) is 4. The molecule has 0 unspecified atom stereocenters. The van der Waals surface area contributed by atoms with E-state index in [2.05, 4.69) is 6.92 Å². The largest absolute Gasteiger partial charge is 0.487 e. The van der Waals surface area contributed by atoms with Gasteiger partial charge in [-0.05, 0) is 83.9 Å². The molecule has 0 spiro atoms. The van der Waals surface area contributed by atoms with Gasteiger partial charge < -0.3 is 14.4 Å². The topological polar surface area (TPSA) is 55.8 Å². The molecule has 2 aromatic rings. The molecule has 5 nitrogen and oxygen atoms in total. The van der Waals surface area contributed by atoms with Crippen LogP contribution in [-0.2, 0) is 6.42 Å². The van der Waals surface area contributed by atoms with Crippen molar-refractivity contribution in [3.8, 4) is 11.5 Å². The standard InChI is InChI=1S/C29H39NO4/c1-10-11-21-16-19-25(33-28(2,3)4)23(26(21)34-29(5,6)7)17-18-24(31)20-12-14-22(15-13-20)27(32)30(8)9/h12-19H,10-11H2,1-9H3. The monoisotopic (exact) mass is 465 g/mol. The molecule has 0 aliphatic rings. The van der Waals surface area contributed by atoms with E-state index in [1.165, 1.54) is 4.90 Å². The Hall–Kier alpha value is -3.08. The molecule has 1 amide bonds. The quantitative estimate of drug-likeness (QED) is 0.326. The van der Waals surface area contributed by atoms with Crippen molar-refractivity contribution in [1.82, 2.24) is 4.90 Å². The van der Waals surface area contributed by atoms with Crippen LogP contribution in [0.15, 0.2) is 42.5 Å². The summed E-state index contributed by atoms with van der Waals surface area (Å²) in [5.41, 5.74) is 2.06. The fraction of sp³-hybridized carbons (Fsp3) is 0.448. The molecular weight excluding hydrogens is 426 g/mol. The third-order valence-electron chi connectivity index (χ3n) is 4.81. The first-order valence-corrected chi connectivity index (χ1v) is 11.8. The van der Waals surface area contributed by atoms with E-state index in [9.17, 15) is 9.59 Å². The van der Waals surface area contributed by atoms with Crippen LogP contribution in [0.1, 0.15) is 86.7 Å². The molecule has 0 heterocycles. The van der Waals surface area contributed by atoms with E-state index in [0.717, 1.165) is 29.7 Å². The van der Waals surface area contributed by atoms with Gasteiger partial charge in [0.25, 0.3) is 5.91 Å². The molecule has 2 rings (SSSR count). The molecule has 0 N–H and O–H groups in total. The summed E-state index contributed by atoms with van der Waals surface area (Å²) < 4.78 is 12.6. The van der Waals surface area contributed by atoms with Crippen LogP contribution in [0, 0.1) is 0 Å². The predicted octanol–water partition coefficient (Wildman–Crippen LogP) is 6.59. The second kappa shape index (κ2) is 10.9. The molecule has 0 radical (unpaired) electrons. The Labute approximate surface area is 204 Å². The number of carbonyl (C=O) groups excluding carboxylic acids is 2. The van der Waals surface area contributed by atoms with E-state index in [1.807, 2.05) is 53.7 Å². The number of hydrogen-bond donors (Lipinski definition) is 0. The highest BCUT2D eigenvalue weighted by atomic mass is 16.5. The number of aryl methyl sites for hydroxylation is 1. The molecule has 0 saturated carbocycles. The Balaban J connectivity index is 2.50. The van der Waals surface area contributed by atoms with Crippen molar-refractivity contribution in [2.24, 2.45) is 0 Å². The summed E-state index contributed by atoms with van der Waals surface area (Å²) in [4.78, 5) is 26.6. The van der Waals surface area contributed by atoms with Crippen LogP contribution in [0.3, 0.4) is 0 Å². The second-order valence-electron chi connectivity index (χ2n) is 10.6. The average molecular weight is 466 g/mol. The number of ether oxygens (including phenoxy) is 2. The third-order valence-corrected chi connectivity index (χ3v) is 4.81. The normalized spacial score (nSPS) is 12.0. The summed E-state index contributed by atoms with van der Waals surface area (Å²) in [5, 5.41) is 0. The summed E-state index contributed by atoms with van der Waals surface area (Å²) in [5.74, 6) is 1.15. The van der Waals surface area contributed by atoms with Gasteiger partial charge in [0.15, 0.2) is 5.78 Å². The molecule has 5 heteroatoms. The Morgan fingerprint density at radius 2 is 1.41 bits per heavy atom. The fourth-order valence-corrected chi connectivity index (χ4v) is 3.39. The molecule has 0 fully saturated rings. The van der Waals surface area contributed by atoms with Gasteiger partial charge in [0.05, 0.1) is 5.56 Å². The number of allylic oxidation sites excluding steroid dienone is 1. The zero-order chi connectivity index (χ0) is 25.7. The fourth-order valence-electron chi connectivity index (χ4n) is 3.39. The number of carbonyl (C=O) groups is 2. The van der Waals surface area contributed by atoms with Crippen molar-refractivity contribution >= 4 is 17.8 Å². The highest BCUT2D eigenvalue weighted by Crippen LogP contribution is 2.38. The number of amides is 1. The molecule has 34 heavy (non-hydrogen) atoms.